The first-order valence-corrected chi connectivity index (χ1v) is 9.42. The molecule has 0 fully saturated rings. The van der Waals surface area contributed by atoms with Crippen LogP contribution >= 0.6 is 11.6 Å². The topological polar surface area (TPSA) is 46.6 Å². The molecule has 2 aromatic rings. The van der Waals surface area contributed by atoms with E-state index in [1.807, 2.05) is 6.92 Å². The van der Waals surface area contributed by atoms with Gasteiger partial charge in [0.25, 0.3) is 0 Å². The van der Waals surface area contributed by atoms with Gasteiger partial charge in [0.2, 0.25) is 10.0 Å². The van der Waals surface area contributed by atoms with Crippen molar-refractivity contribution in [2.24, 2.45) is 0 Å². The maximum atomic E-state index is 12.9. The summed E-state index contributed by atoms with van der Waals surface area (Å²) in [6.07, 6.45) is -4.66. The van der Waals surface area contributed by atoms with Gasteiger partial charge in [0, 0.05) is 13.6 Å². The van der Waals surface area contributed by atoms with Crippen LogP contribution in [0.3, 0.4) is 0 Å². The summed E-state index contributed by atoms with van der Waals surface area (Å²) >= 11 is 5.84. The Labute approximate surface area is 155 Å². The molecule has 0 amide bonds. The highest BCUT2D eigenvalue weighted by Gasteiger charge is 2.33. The quantitative estimate of drug-likeness (QED) is 0.704. The Morgan fingerprint density at radius 3 is 2.27 bits per heavy atom. The van der Waals surface area contributed by atoms with Crippen molar-refractivity contribution in [1.29, 1.82) is 0 Å². The Bertz CT molecular complexity index is 868. The largest absolute Gasteiger partial charge is 0.494 e. The lowest BCUT2D eigenvalue weighted by atomic mass is 10.2. The van der Waals surface area contributed by atoms with E-state index in [2.05, 4.69) is 0 Å². The summed E-state index contributed by atoms with van der Waals surface area (Å²) in [4.78, 5) is -0.581. The molecular weight excluding hydrogens is 391 g/mol. The van der Waals surface area contributed by atoms with E-state index < -0.39 is 26.7 Å². The normalized spacial score (nSPS) is 12.4. The van der Waals surface area contributed by atoms with Crippen LogP contribution in [0.25, 0.3) is 0 Å². The van der Waals surface area contributed by atoms with E-state index in [1.54, 1.807) is 24.3 Å². The molecule has 0 unspecified atom stereocenters. The predicted molar refractivity (Wildman–Crippen MR) is 92.7 cm³/mol. The minimum atomic E-state index is -4.66. The van der Waals surface area contributed by atoms with Crippen molar-refractivity contribution in [3.05, 3.63) is 58.6 Å². The molecule has 0 aromatic heterocycles. The van der Waals surface area contributed by atoms with Crippen LogP contribution < -0.4 is 4.74 Å². The zero-order valence-corrected chi connectivity index (χ0v) is 15.6. The van der Waals surface area contributed by atoms with Gasteiger partial charge < -0.3 is 4.74 Å². The minimum absolute atomic E-state index is 0.0265. The van der Waals surface area contributed by atoms with Crippen LogP contribution in [0.5, 0.6) is 5.75 Å². The number of nitrogens with zero attached hydrogens (tertiary/aromatic N) is 1. The Kier molecular flexibility index (Phi) is 6.21. The maximum Gasteiger partial charge on any atom is 0.416 e. The average Bonchev–Trinajstić information content (AvgIpc) is 2.56. The molecule has 0 saturated carbocycles. The maximum absolute atomic E-state index is 12.9. The molecular formula is C17H17ClF3NO3S. The highest BCUT2D eigenvalue weighted by atomic mass is 35.5. The molecule has 0 radical (unpaired) electrons. The molecule has 0 saturated heterocycles. The van der Waals surface area contributed by atoms with Gasteiger partial charge in [-0.15, -0.1) is 0 Å². The Morgan fingerprint density at radius 2 is 1.73 bits per heavy atom. The highest BCUT2D eigenvalue weighted by molar-refractivity contribution is 7.89. The Morgan fingerprint density at radius 1 is 1.12 bits per heavy atom. The number of benzene rings is 2. The van der Waals surface area contributed by atoms with Crippen molar-refractivity contribution in [3.63, 3.8) is 0 Å². The number of rotatable bonds is 6. The second-order valence-electron chi connectivity index (χ2n) is 5.48. The van der Waals surface area contributed by atoms with Crippen LogP contribution in [-0.2, 0) is 22.7 Å². The van der Waals surface area contributed by atoms with E-state index in [1.165, 1.54) is 7.05 Å². The van der Waals surface area contributed by atoms with Gasteiger partial charge in [-0.3, -0.25) is 0 Å². The van der Waals surface area contributed by atoms with Gasteiger partial charge in [-0.2, -0.15) is 17.5 Å². The summed E-state index contributed by atoms with van der Waals surface area (Å²) in [5.41, 5.74) is -0.419. The van der Waals surface area contributed by atoms with Crippen LogP contribution in [0.1, 0.15) is 18.1 Å². The second-order valence-corrected chi connectivity index (χ2v) is 7.90. The number of alkyl halides is 3. The number of halogens is 4. The lowest BCUT2D eigenvalue weighted by Gasteiger charge is -2.19. The molecule has 0 aliphatic heterocycles. The van der Waals surface area contributed by atoms with Crippen molar-refractivity contribution in [2.75, 3.05) is 13.7 Å². The third-order valence-electron chi connectivity index (χ3n) is 3.59. The minimum Gasteiger partial charge on any atom is -0.494 e. The fourth-order valence-corrected chi connectivity index (χ4v) is 3.90. The predicted octanol–water partition coefficient (Wildman–Crippen LogP) is 4.58. The summed E-state index contributed by atoms with van der Waals surface area (Å²) in [6, 6.07) is 8.98. The van der Waals surface area contributed by atoms with Gasteiger partial charge in [0.05, 0.1) is 17.2 Å². The van der Waals surface area contributed by atoms with Gasteiger partial charge in [0.1, 0.15) is 10.6 Å². The summed E-state index contributed by atoms with van der Waals surface area (Å²) in [5.74, 6) is 0.641. The van der Waals surface area contributed by atoms with Crippen LogP contribution in [0.4, 0.5) is 13.2 Å². The van der Waals surface area contributed by atoms with E-state index in [-0.39, 0.29) is 11.6 Å². The molecule has 0 heterocycles. The molecule has 9 heteroatoms. The number of ether oxygens (including phenoxy) is 1. The van der Waals surface area contributed by atoms with Gasteiger partial charge >= 0.3 is 6.18 Å². The summed E-state index contributed by atoms with van der Waals surface area (Å²) < 4.78 is 70.2. The fourth-order valence-electron chi connectivity index (χ4n) is 2.25. The first kappa shape index (κ1) is 20.5. The van der Waals surface area contributed by atoms with Gasteiger partial charge in [0.15, 0.2) is 0 Å². The van der Waals surface area contributed by atoms with Crippen molar-refractivity contribution >= 4 is 21.6 Å². The van der Waals surface area contributed by atoms with Crippen molar-refractivity contribution in [2.45, 2.75) is 24.5 Å². The zero-order valence-electron chi connectivity index (χ0n) is 14.0. The summed E-state index contributed by atoms with van der Waals surface area (Å²) in [6.45, 7) is 2.32. The molecule has 0 spiro atoms. The average molecular weight is 408 g/mol. The second kappa shape index (κ2) is 7.85. The summed E-state index contributed by atoms with van der Waals surface area (Å²) in [5, 5.41) is -0.267. The van der Waals surface area contributed by atoms with E-state index >= 15 is 0 Å². The fraction of sp³-hybridized carbons (Fsp3) is 0.294. The first-order valence-electron chi connectivity index (χ1n) is 7.60. The van der Waals surface area contributed by atoms with Crippen molar-refractivity contribution in [1.82, 2.24) is 4.31 Å². The molecule has 0 bridgehead atoms. The first-order chi connectivity index (χ1) is 12.1. The van der Waals surface area contributed by atoms with Crippen molar-refractivity contribution < 1.29 is 26.3 Å². The van der Waals surface area contributed by atoms with Crippen LogP contribution in [0, 0.1) is 0 Å². The van der Waals surface area contributed by atoms with E-state index in [0.29, 0.717) is 24.0 Å². The molecule has 4 nitrogen and oxygen atoms in total. The number of hydrogen-bond acceptors (Lipinski definition) is 3. The van der Waals surface area contributed by atoms with Gasteiger partial charge in [-0.1, -0.05) is 23.7 Å². The van der Waals surface area contributed by atoms with E-state index in [4.69, 9.17) is 16.3 Å². The van der Waals surface area contributed by atoms with E-state index in [0.717, 1.165) is 16.4 Å². The van der Waals surface area contributed by atoms with Crippen molar-refractivity contribution in [3.8, 4) is 5.75 Å². The van der Waals surface area contributed by atoms with Gasteiger partial charge in [-0.05, 0) is 42.8 Å². The Balaban J connectivity index is 2.29. The molecule has 0 atom stereocenters. The monoisotopic (exact) mass is 407 g/mol. The lowest BCUT2D eigenvalue weighted by Crippen LogP contribution is -2.27. The summed E-state index contributed by atoms with van der Waals surface area (Å²) in [7, 11) is -2.92. The SMILES string of the molecule is CCOc1ccc(CN(C)S(=O)(=O)c2cc(C(F)(F)F)ccc2Cl)cc1. The Hall–Kier alpha value is -1.77. The number of hydrogen-bond donors (Lipinski definition) is 0. The standard InChI is InChI=1S/C17H17ClF3NO3S/c1-3-25-14-7-4-12(5-8-14)11-22(2)26(23,24)16-10-13(17(19,20)21)6-9-15(16)18/h4-10H,3,11H2,1-2H3. The molecule has 26 heavy (non-hydrogen) atoms. The van der Waals surface area contributed by atoms with Crippen LogP contribution in [0.2, 0.25) is 5.02 Å². The molecule has 142 valence electrons. The third-order valence-corrected chi connectivity index (χ3v) is 5.87. The third kappa shape index (κ3) is 4.69. The molecule has 0 aliphatic carbocycles. The van der Waals surface area contributed by atoms with Crippen LogP contribution in [0.15, 0.2) is 47.4 Å². The van der Waals surface area contributed by atoms with Gasteiger partial charge in [-0.25, -0.2) is 8.42 Å². The smallest absolute Gasteiger partial charge is 0.416 e. The zero-order chi connectivity index (χ0) is 19.5. The van der Waals surface area contributed by atoms with E-state index in [9.17, 15) is 21.6 Å². The molecule has 0 N–H and O–H groups in total. The molecule has 2 rings (SSSR count). The molecule has 2 aromatic carbocycles. The van der Waals surface area contributed by atoms with Crippen LogP contribution in [-0.4, -0.2) is 26.4 Å². The highest BCUT2D eigenvalue weighted by Crippen LogP contribution is 2.34. The molecule has 0 aliphatic rings. The lowest BCUT2D eigenvalue weighted by molar-refractivity contribution is -0.137. The number of sulfonamides is 1.